The summed E-state index contributed by atoms with van der Waals surface area (Å²) in [7, 11) is 1.61. The number of rotatable bonds is 3. The third-order valence-corrected chi connectivity index (χ3v) is 4.41. The van der Waals surface area contributed by atoms with Crippen molar-refractivity contribution in [3.05, 3.63) is 42.5 Å². The normalized spacial score (nSPS) is 14.8. The average Bonchev–Trinajstić information content (AvgIpc) is 3.16. The molecule has 1 fully saturated rings. The smallest absolute Gasteiger partial charge is 0.253 e. The predicted molar refractivity (Wildman–Crippen MR) is 92.8 cm³/mol. The van der Waals surface area contributed by atoms with Crippen LogP contribution in [0, 0.1) is 0 Å². The second-order valence-corrected chi connectivity index (χ2v) is 5.81. The van der Waals surface area contributed by atoms with Gasteiger partial charge in [0.05, 0.1) is 13.4 Å². The van der Waals surface area contributed by atoms with Gasteiger partial charge in [-0.1, -0.05) is 0 Å². The molecule has 0 aliphatic carbocycles. The summed E-state index contributed by atoms with van der Waals surface area (Å²) in [4.78, 5) is 32.4. The third kappa shape index (κ3) is 2.86. The highest BCUT2D eigenvalue weighted by molar-refractivity contribution is 5.94. The number of methoxy groups -OCH3 is 1. The summed E-state index contributed by atoms with van der Waals surface area (Å²) in [6, 6.07) is 7.21. The number of nitrogens with zero attached hydrogens (tertiary/aromatic N) is 5. The van der Waals surface area contributed by atoms with Crippen LogP contribution in [-0.2, 0) is 0 Å². The number of H-pyrrole nitrogens is 1. The lowest BCUT2D eigenvalue weighted by molar-refractivity contribution is 0.0746. The molecule has 3 aromatic rings. The Hall–Kier alpha value is -3.16. The molecule has 1 saturated heterocycles. The Morgan fingerprint density at radius 3 is 2.56 bits per heavy atom. The first-order chi connectivity index (χ1) is 12.3. The Balaban J connectivity index is 1.45. The molecule has 1 aromatic carbocycles. The number of carbonyl (C=O) groups excluding carboxylic acids is 1. The maximum absolute atomic E-state index is 12.6. The number of aromatic amines is 1. The van der Waals surface area contributed by atoms with Crippen LogP contribution in [-0.4, -0.2) is 64.0 Å². The lowest BCUT2D eigenvalue weighted by atomic mass is 10.1. The molecular formula is C17H18N6O2. The van der Waals surface area contributed by atoms with Crippen LogP contribution in [0.2, 0.25) is 0 Å². The predicted octanol–water partition coefficient (Wildman–Crippen LogP) is 1.32. The molecule has 0 radical (unpaired) electrons. The standard InChI is InChI=1S/C17H18N6O2/c1-25-13-4-2-12(3-5-13)17(24)23-8-6-22(7-9-23)16-14-15(19-10-18-14)20-11-21-16/h2-5,10-11H,6-9H2,1H3,(H,18,19,20,21). The number of nitrogens with one attached hydrogen (secondary N) is 1. The van der Waals surface area contributed by atoms with Crippen molar-refractivity contribution in [1.29, 1.82) is 0 Å². The van der Waals surface area contributed by atoms with E-state index in [-0.39, 0.29) is 5.91 Å². The van der Waals surface area contributed by atoms with Crippen LogP contribution in [0.1, 0.15) is 10.4 Å². The van der Waals surface area contributed by atoms with E-state index in [0.29, 0.717) is 37.4 Å². The Morgan fingerprint density at radius 2 is 1.84 bits per heavy atom. The molecule has 2 aromatic heterocycles. The van der Waals surface area contributed by atoms with E-state index in [1.54, 1.807) is 37.7 Å². The lowest BCUT2D eigenvalue weighted by Gasteiger charge is -2.35. The zero-order valence-electron chi connectivity index (χ0n) is 13.8. The number of aromatic nitrogens is 4. The summed E-state index contributed by atoms with van der Waals surface area (Å²) in [5.74, 6) is 1.62. The number of benzene rings is 1. The van der Waals surface area contributed by atoms with E-state index in [1.165, 1.54) is 6.33 Å². The molecular weight excluding hydrogens is 320 g/mol. The molecule has 0 unspecified atom stereocenters. The Morgan fingerprint density at radius 1 is 1.08 bits per heavy atom. The molecule has 128 valence electrons. The Bertz CT molecular complexity index is 884. The van der Waals surface area contributed by atoms with Gasteiger partial charge < -0.3 is 19.5 Å². The maximum Gasteiger partial charge on any atom is 0.253 e. The van der Waals surface area contributed by atoms with Gasteiger partial charge in [-0.3, -0.25) is 4.79 Å². The molecule has 1 aliphatic heterocycles. The lowest BCUT2D eigenvalue weighted by Crippen LogP contribution is -2.49. The van der Waals surface area contributed by atoms with Crippen molar-refractivity contribution in [3.63, 3.8) is 0 Å². The van der Waals surface area contributed by atoms with Crippen LogP contribution in [0.5, 0.6) is 5.75 Å². The SMILES string of the molecule is COc1ccc(C(=O)N2CCN(c3ncnc4nc[nH]c34)CC2)cc1. The van der Waals surface area contributed by atoms with Crippen LogP contribution >= 0.6 is 0 Å². The fraction of sp³-hybridized carbons (Fsp3) is 0.294. The van der Waals surface area contributed by atoms with E-state index in [1.807, 2.05) is 4.90 Å². The minimum atomic E-state index is 0.0386. The van der Waals surface area contributed by atoms with Crippen molar-refractivity contribution in [2.75, 3.05) is 38.2 Å². The van der Waals surface area contributed by atoms with Crippen molar-refractivity contribution >= 4 is 22.9 Å². The molecule has 0 spiro atoms. The molecule has 1 aliphatic rings. The van der Waals surface area contributed by atoms with Crippen molar-refractivity contribution in [1.82, 2.24) is 24.8 Å². The first-order valence-electron chi connectivity index (χ1n) is 8.08. The van der Waals surface area contributed by atoms with Gasteiger partial charge in [0.1, 0.15) is 17.6 Å². The number of anilines is 1. The van der Waals surface area contributed by atoms with Gasteiger partial charge in [-0.2, -0.15) is 0 Å². The minimum absolute atomic E-state index is 0.0386. The highest BCUT2D eigenvalue weighted by Gasteiger charge is 2.24. The van der Waals surface area contributed by atoms with Gasteiger partial charge in [0.25, 0.3) is 5.91 Å². The number of piperazine rings is 1. The monoisotopic (exact) mass is 338 g/mol. The van der Waals surface area contributed by atoms with Gasteiger partial charge in [0.15, 0.2) is 11.5 Å². The quantitative estimate of drug-likeness (QED) is 0.775. The molecule has 0 bridgehead atoms. The summed E-state index contributed by atoms with van der Waals surface area (Å²) < 4.78 is 5.13. The van der Waals surface area contributed by atoms with E-state index in [2.05, 4.69) is 24.8 Å². The fourth-order valence-electron chi connectivity index (χ4n) is 3.03. The highest BCUT2D eigenvalue weighted by Crippen LogP contribution is 2.21. The van der Waals surface area contributed by atoms with Crippen LogP contribution in [0.3, 0.4) is 0 Å². The van der Waals surface area contributed by atoms with Crippen LogP contribution in [0.25, 0.3) is 11.2 Å². The number of hydrogen-bond donors (Lipinski definition) is 1. The molecule has 3 heterocycles. The fourth-order valence-corrected chi connectivity index (χ4v) is 3.03. The summed E-state index contributed by atoms with van der Waals surface area (Å²) >= 11 is 0. The zero-order chi connectivity index (χ0) is 17.2. The first-order valence-corrected chi connectivity index (χ1v) is 8.08. The van der Waals surface area contributed by atoms with Gasteiger partial charge in [-0.05, 0) is 24.3 Å². The zero-order valence-corrected chi connectivity index (χ0v) is 13.8. The van der Waals surface area contributed by atoms with E-state index in [4.69, 9.17) is 4.74 Å². The summed E-state index contributed by atoms with van der Waals surface area (Å²) in [6.07, 6.45) is 3.14. The van der Waals surface area contributed by atoms with Gasteiger partial charge in [-0.15, -0.1) is 0 Å². The van der Waals surface area contributed by atoms with Crippen molar-refractivity contribution in [2.45, 2.75) is 0 Å². The van der Waals surface area contributed by atoms with E-state index < -0.39 is 0 Å². The summed E-state index contributed by atoms with van der Waals surface area (Å²) in [5.41, 5.74) is 2.16. The topological polar surface area (TPSA) is 87.2 Å². The van der Waals surface area contributed by atoms with Crippen molar-refractivity contribution in [2.24, 2.45) is 0 Å². The second-order valence-electron chi connectivity index (χ2n) is 5.81. The van der Waals surface area contributed by atoms with Crippen LogP contribution in [0.4, 0.5) is 5.82 Å². The second kappa shape index (κ2) is 6.39. The molecule has 0 saturated carbocycles. The Kier molecular flexibility index (Phi) is 3.93. The summed E-state index contributed by atoms with van der Waals surface area (Å²) in [5, 5.41) is 0. The average molecular weight is 338 g/mol. The number of ether oxygens (including phenoxy) is 1. The molecule has 4 rings (SSSR count). The van der Waals surface area contributed by atoms with Crippen LogP contribution in [0.15, 0.2) is 36.9 Å². The van der Waals surface area contributed by atoms with Gasteiger partial charge >= 0.3 is 0 Å². The maximum atomic E-state index is 12.6. The number of hydrogen-bond acceptors (Lipinski definition) is 6. The molecule has 1 N–H and O–H groups in total. The van der Waals surface area contributed by atoms with E-state index >= 15 is 0 Å². The van der Waals surface area contributed by atoms with E-state index in [9.17, 15) is 4.79 Å². The largest absolute Gasteiger partial charge is 0.497 e. The Labute approximate surface area is 144 Å². The number of carbonyl (C=O) groups is 1. The third-order valence-electron chi connectivity index (χ3n) is 4.41. The number of amides is 1. The van der Waals surface area contributed by atoms with Gasteiger partial charge in [0, 0.05) is 31.7 Å². The van der Waals surface area contributed by atoms with Gasteiger partial charge in [-0.25, -0.2) is 15.0 Å². The molecule has 25 heavy (non-hydrogen) atoms. The van der Waals surface area contributed by atoms with E-state index in [0.717, 1.165) is 17.1 Å². The van der Waals surface area contributed by atoms with Crippen LogP contribution < -0.4 is 9.64 Å². The van der Waals surface area contributed by atoms with Gasteiger partial charge in [0.2, 0.25) is 0 Å². The summed E-state index contributed by atoms with van der Waals surface area (Å²) in [6.45, 7) is 2.72. The molecule has 0 atom stereocenters. The number of imidazole rings is 1. The van der Waals surface area contributed by atoms with Crippen molar-refractivity contribution in [3.8, 4) is 5.75 Å². The minimum Gasteiger partial charge on any atom is -0.497 e. The first kappa shape index (κ1) is 15.4. The molecule has 8 nitrogen and oxygen atoms in total. The molecule has 1 amide bonds. The van der Waals surface area contributed by atoms with Crippen molar-refractivity contribution < 1.29 is 9.53 Å². The number of fused-ring (bicyclic) bond motifs is 1. The molecule has 8 heteroatoms. The highest BCUT2D eigenvalue weighted by atomic mass is 16.5.